The van der Waals surface area contributed by atoms with Gasteiger partial charge in [-0.05, 0) is 23.6 Å². The van der Waals surface area contributed by atoms with Crippen LogP contribution in [-0.2, 0) is 19.6 Å². The van der Waals surface area contributed by atoms with Gasteiger partial charge in [-0.3, -0.25) is 0 Å². The Morgan fingerprint density at radius 3 is 3.06 bits per heavy atom. The summed E-state index contributed by atoms with van der Waals surface area (Å²) in [6, 6.07) is 6.99. The Morgan fingerprint density at radius 1 is 1.35 bits per heavy atom. The van der Waals surface area contributed by atoms with Crippen LogP contribution in [0.3, 0.4) is 0 Å². The van der Waals surface area contributed by atoms with Crippen LogP contribution in [0.2, 0.25) is 0 Å². The molecule has 0 saturated heterocycles. The van der Waals surface area contributed by atoms with E-state index >= 15 is 0 Å². The molecule has 2 N–H and O–H groups in total. The van der Waals surface area contributed by atoms with E-state index in [-0.39, 0.29) is 0 Å². The second-order valence-electron chi connectivity index (χ2n) is 4.21. The third-order valence-corrected chi connectivity index (χ3v) is 2.87. The van der Waals surface area contributed by atoms with Crippen LogP contribution in [0, 0.1) is 6.92 Å². The molecule has 0 unspecified atom stereocenters. The zero-order valence-electron chi connectivity index (χ0n) is 9.66. The van der Waals surface area contributed by atoms with Crippen LogP contribution in [0.25, 0.3) is 0 Å². The van der Waals surface area contributed by atoms with Crippen molar-refractivity contribution in [2.75, 3.05) is 5.32 Å². The first-order valence-corrected chi connectivity index (χ1v) is 5.67. The van der Waals surface area contributed by atoms with Crippen molar-refractivity contribution in [1.29, 1.82) is 0 Å². The number of benzene rings is 1. The monoisotopic (exact) mass is 230 g/mol. The lowest BCUT2D eigenvalue weighted by molar-refractivity contribution is 0.425. The summed E-state index contributed by atoms with van der Waals surface area (Å²) >= 11 is 0. The van der Waals surface area contributed by atoms with Crippen LogP contribution in [0.1, 0.15) is 22.5 Å². The minimum absolute atomic E-state index is 0.473. The lowest BCUT2D eigenvalue weighted by Gasteiger charge is -2.04. The maximum Gasteiger partial charge on any atom is 0.321 e. The molecule has 0 fully saturated rings. The highest BCUT2D eigenvalue weighted by atomic mass is 16.5. The molecule has 5 nitrogen and oxygen atoms in total. The predicted molar refractivity (Wildman–Crippen MR) is 63.3 cm³/mol. The highest BCUT2D eigenvalue weighted by molar-refractivity contribution is 5.36. The molecule has 3 rings (SSSR count). The molecule has 2 aromatic rings. The smallest absolute Gasteiger partial charge is 0.321 e. The summed E-state index contributed by atoms with van der Waals surface area (Å²) in [5.41, 5.74) is 4.00. The van der Waals surface area contributed by atoms with Crippen molar-refractivity contribution < 1.29 is 4.52 Å². The predicted octanol–water partition coefficient (Wildman–Crippen LogP) is 1.59. The first-order valence-electron chi connectivity index (χ1n) is 5.67. The zero-order valence-corrected chi connectivity index (χ0v) is 9.66. The van der Waals surface area contributed by atoms with Gasteiger partial charge in [0.05, 0.1) is 0 Å². The van der Waals surface area contributed by atoms with Crippen molar-refractivity contribution in [3.05, 3.63) is 40.7 Å². The van der Waals surface area contributed by atoms with Gasteiger partial charge in [-0.1, -0.05) is 23.4 Å². The molecule has 0 spiro atoms. The molecule has 0 amide bonds. The van der Waals surface area contributed by atoms with Crippen LogP contribution in [-0.4, -0.2) is 10.1 Å². The fraction of sp³-hybridized carbons (Fsp3) is 0.333. The maximum absolute atomic E-state index is 4.99. The van der Waals surface area contributed by atoms with Gasteiger partial charge in [-0.25, -0.2) is 0 Å². The van der Waals surface area contributed by atoms with E-state index in [2.05, 4.69) is 39.0 Å². The Labute approximate surface area is 99.2 Å². The first-order chi connectivity index (χ1) is 8.31. The fourth-order valence-electron chi connectivity index (χ4n) is 2.00. The summed E-state index contributed by atoms with van der Waals surface area (Å²) in [6.07, 6.45) is 0. The van der Waals surface area contributed by atoms with Crippen molar-refractivity contribution in [2.24, 2.45) is 0 Å². The van der Waals surface area contributed by atoms with Crippen molar-refractivity contribution in [1.82, 2.24) is 15.5 Å². The molecule has 0 bridgehead atoms. The molecule has 0 atom stereocenters. The van der Waals surface area contributed by atoms with E-state index in [0.29, 0.717) is 18.4 Å². The van der Waals surface area contributed by atoms with Gasteiger partial charge in [-0.2, -0.15) is 4.98 Å². The second kappa shape index (κ2) is 4.18. The van der Waals surface area contributed by atoms with Gasteiger partial charge >= 0.3 is 6.01 Å². The topological polar surface area (TPSA) is 63.0 Å². The van der Waals surface area contributed by atoms with E-state index in [9.17, 15) is 0 Å². The minimum Gasteiger partial charge on any atom is -0.334 e. The maximum atomic E-state index is 4.99. The largest absolute Gasteiger partial charge is 0.334 e. The summed E-state index contributed by atoms with van der Waals surface area (Å²) in [4.78, 5) is 4.10. The van der Waals surface area contributed by atoms with Gasteiger partial charge in [0.1, 0.15) is 0 Å². The number of nitrogens with zero attached hydrogens (tertiary/aromatic N) is 2. The Kier molecular flexibility index (Phi) is 2.53. The molecule has 1 aliphatic heterocycles. The Balaban J connectivity index is 1.69. The standard InChI is InChI=1S/C12H14N4O/c1-8-15-12(17-16-8)14-5-9-2-3-10-6-13-7-11(10)4-9/h2-4,13H,5-7H2,1H3,(H,14,15,16). The van der Waals surface area contributed by atoms with E-state index < -0.39 is 0 Å². The van der Waals surface area contributed by atoms with E-state index in [1.54, 1.807) is 6.92 Å². The molecule has 1 aliphatic rings. The number of aromatic nitrogens is 2. The number of hydrogen-bond donors (Lipinski definition) is 2. The number of nitrogens with one attached hydrogen (secondary N) is 2. The number of fused-ring (bicyclic) bond motifs is 1. The quantitative estimate of drug-likeness (QED) is 0.838. The number of rotatable bonds is 3. The van der Waals surface area contributed by atoms with Gasteiger partial charge < -0.3 is 15.2 Å². The van der Waals surface area contributed by atoms with Crippen LogP contribution in [0.5, 0.6) is 0 Å². The van der Waals surface area contributed by atoms with E-state index in [4.69, 9.17) is 4.52 Å². The molecule has 2 heterocycles. The lowest BCUT2D eigenvalue weighted by Crippen LogP contribution is -2.01. The van der Waals surface area contributed by atoms with Crippen molar-refractivity contribution in [3.63, 3.8) is 0 Å². The number of hydrogen-bond acceptors (Lipinski definition) is 5. The Morgan fingerprint density at radius 2 is 2.24 bits per heavy atom. The highest BCUT2D eigenvalue weighted by Crippen LogP contribution is 2.17. The molecule has 0 radical (unpaired) electrons. The third-order valence-electron chi connectivity index (χ3n) is 2.87. The summed E-state index contributed by atoms with van der Waals surface area (Å²) < 4.78 is 4.99. The van der Waals surface area contributed by atoms with Crippen molar-refractivity contribution in [2.45, 2.75) is 26.6 Å². The molecule has 5 heteroatoms. The lowest BCUT2D eigenvalue weighted by atomic mass is 10.1. The summed E-state index contributed by atoms with van der Waals surface area (Å²) in [7, 11) is 0. The van der Waals surface area contributed by atoms with E-state index in [1.807, 2.05) is 0 Å². The van der Waals surface area contributed by atoms with Crippen molar-refractivity contribution >= 4 is 6.01 Å². The molecule has 88 valence electrons. The normalized spacial score (nSPS) is 13.7. The van der Waals surface area contributed by atoms with E-state index in [1.165, 1.54) is 16.7 Å². The van der Waals surface area contributed by atoms with Crippen LogP contribution in [0.15, 0.2) is 22.7 Å². The van der Waals surface area contributed by atoms with Gasteiger partial charge in [-0.15, -0.1) is 0 Å². The fourth-order valence-corrected chi connectivity index (χ4v) is 2.00. The average Bonchev–Trinajstić information content (AvgIpc) is 2.94. The average molecular weight is 230 g/mol. The van der Waals surface area contributed by atoms with Crippen LogP contribution in [0.4, 0.5) is 6.01 Å². The Hall–Kier alpha value is -1.88. The molecule has 1 aromatic heterocycles. The van der Waals surface area contributed by atoms with Crippen LogP contribution < -0.4 is 10.6 Å². The second-order valence-corrected chi connectivity index (χ2v) is 4.21. The SMILES string of the molecule is Cc1noc(NCc2ccc3c(c2)CNC3)n1. The first kappa shape index (κ1) is 10.3. The van der Waals surface area contributed by atoms with Gasteiger partial charge in [0.15, 0.2) is 5.82 Å². The third kappa shape index (κ3) is 2.14. The van der Waals surface area contributed by atoms with Gasteiger partial charge in [0.25, 0.3) is 0 Å². The molecular formula is C12H14N4O. The van der Waals surface area contributed by atoms with Gasteiger partial charge in [0, 0.05) is 19.6 Å². The highest BCUT2D eigenvalue weighted by Gasteiger charge is 2.10. The summed E-state index contributed by atoms with van der Waals surface area (Å²) in [5.74, 6) is 0.644. The van der Waals surface area contributed by atoms with Crippen LogP contribution >= 0.6 is 0 Å². The summed E-state index contributed by atoms with van der Waals surface area (Å²) in [5, 5.41) is 10.2. The molecule has 0 saturated carbocycles. The molecule has 17 heavy (non-hydrogen) atoms. The molecule has 1 aromatic carbocycles. The minimum atomic E-state index is 0.473. The molecular weight excluding hydrogens is 216 g/mol. The zero-order chi connectivity index (χ0) is 11.7. The van der Waals surface area contributed by atoms with E-state index in [0.717, 1.165) is 13.1 Å². The number of aryl methyl sites for hydroxylation is 1. The Bertz CT molecular complexity index is 535. The summed E-state index contributed by atoms with van der Waals surface area (Å²) in [6.45, 7) is 4.44. The molecule has 0 aliphatic carbocycles. The van der Waals surface area contributed by atoms with Gasteiger partial charge in [0.2, 0.25) is 0 Å². The van der Waals surface area contributed by atoms with Crippen molar-refractivity contribution in [3.8, 4) is 0 Å². The number of anilines is 1.